The fraction of sp³-hybridized carbons (Fsp3) is 0.400. The molecule has 1 aromatic heterocycles. The molecule has 0 saturated heterocycles. The molecule has 3 heteroatoms. The molecule has 0 aromatic carbocycles. The zero-order valence-electron chi connectivity index (χ0n) is 8.19. The van der Waals surface area contributed by atoms with Crippen molar-refractivity contribution in [3.05, 3.63) is 30.1 Å². The summed E-state index contributed by atoms with van der Waals surface area (Å²) in [7, 11) is 1.79. The van der Waals surface area contributed by atoms with Crippen molar-refractivity contribution in [3.8, 4) is 0 Å². The van der Waals surface area contributed by atoms with Crippen LogP contribution in [-0.4, -0.2) is 28.9 Å². The summed E-state index contributed by atoms with van der Waals surface area (Å²) in [6, 6.07) is 3.75. The second-order valence-corrected chi connectivity index (χ2v) is 3.25. The van der Waals surface area contributed by atoms with Gasteiger partial charge in [-0.2, -0.15) is 0 Å². The number of hydrogen-bond donors (Lipinski definition) is 0. The molecule has 0 fully saturated rings. The summed E-state index contributed by atoms with van der Waals surface area (Å²) in [5.74, 6) is 0.0168. The lowest BCUT2D eigenvalue weighted by Crippen LogP contribution is -2.32. The maximum Gasteiger partial charge on any atom is 0.255 e. The lowest BCUT2D eigenvalue weighted by atomic mass is 10.2. The summed E-state index contributed by atoms with van der Waals surface area (Å²) in [6.07, 6.45) is 3.24. The third kappa shape index (κ3) is 2.28. The van der Waals surface area contributed by atoms with E-state index in [4.69, 9.17) is 0 Å². The Balaban J connectivity index is 2.80. The highest BCUT2D eigenvalue weighted by molar-refractivity contribution is 5.93. The largest absolute Gasteiger partial charge is 0.339 e. The van der Waals surface area contributed by atoms with E-state index in [0.29, 0.717) is 5.56 Å². The van der Waals surface area contributed by atoms with Crippen molar-refractivity contribution in [1.82, 2.24) is 9.88 Å². The monoisotopic (exact) mass is 178 g/mol. The molecule has 0 spiro atoms. The van der Waals surface area contributed by atoms with Gasteiger partial charge in [0.15, 0.2) is 0 Å². The molecule has 0 N–H and O–H groups in total. The molecule has 70 valence electrons. The Hall–Kier alpha value is -1.38. The first-order valence-corrected chi connectivity index (χ1v) is 4.30. The van der Waals surface area contributed by atoms with Gasteiger partial charge < -0.3 is 4.90 Å². The van der Waals surface area contributed by atoms with Gasteiger partial charge in [-0.1, -0.05) is 0 Å². The maximum atomic E-state index is 11.7. The van der Waals surface area contributed by atoms with E-state index in [0.717, 1.165) is 0 Å². The quantitative estimate of drug-likeness (QED) is 0.688. The zero-order chi connectivity index (χ0) is 9.84. The van der Waals surface area contributed by atoms with Crippen molar-refractivity contribution in [2.75, 3.05) is 7.05 Å². The molecule has 0 atom stereocenters. The van der Waals surface area contributed by atoms with E-state index in [2.05, 4.69) is 4.98 Å². The van der Waals surface area contributed by atoms with Crippen LogP contribution in [0.5, 0.6) is 0 Å². The summed E-state index contributed by atoms with van der Waals surface area (Å²) < 4.78 is 0. The molecule has 0 radical (unpaired) electrons. The molecule has 1 heterocycles. The first kappa shape index (κ1) is 9.71. The van der Waals surface area contributed by atoms with Gasteiger partial charge in [-0.05, 0) is 26.0 Å². The SMILES string of the molecule is CC(C)N(C)C(=O)c1cccnc1. The van der Waals surface area contributed by atoms with Gasteiger partial charge in [-0.15, -0.1) is 0 Å². The second kappa shape index (κ2) is 4.03. The smallest absolute Gasteiger partial charge is 0.255 e. The number of pyridine rings is 1. The molecule has 0 unspecified atom stereocenters. The van der Waals surface area contributed by atoms with Crippen LogP contribution in [0.25, 0.3) is 0 Å². The molecule has 0 aliphatic heterocycles. The number of carbonyl (C=O) groups is 1. The van der Waals surface area contributed by atoms with Crippen molar-refractivity contribution in [1.29, 1.82) is 0 Å². The topological polar surface area (TPSA) is 33.2 Å². The summed E-state index contributed by atoms with van der Waals surface area (Å²) in [6.45, 7) is 3.96. The van der Waals surface area contributed by atoms with Crippen LogP contribution in [0.1, 0.15) is 24.2 Å². The van der Waals surface area contributed by atoms with Crippen LogP contribution in [0.3, 0.4) is 0 Å². The third-order valence-electron chi connectivity index (χ3n) is 2.00. The predicted octanol–water partition coefficient (Wildman–Crippen LogP) is 1.56. The first-order valence-electron chi connectivity index (χ1n) is 4.30. The van der Waals surface area contributed by atoms with E-state index in [1.54, 1.807) is 36.5 Å². The fourth-order valence-corrected chi connectivity index (χ4v) is 0.927. The zero-order valence-corrected chi connectivity index (χ0v) is 8.19. The molecule has 1 amide bonds. The van der Waals surface area contributed by atoms with E-state index in [1.165, 1.54) is 0 Å². The Morgan fingerprint density at radius 2 is 2.23 bits per heavy atom. The van der Waals surface area contributed by atoms with Crippen molar-refractivity contribution in [3.63, 3.8) is 0 Å². The number of rotatable bonds is 2. The Kier molecular flexibility index (Phi) is 3.01. The predicted molar refractivity (Wildman–Crippen MR) is 51.5 cm³/mol. The Bertz CT molecular complexity index is 282. The normalized spacial score (nSPS) is 10.2. The minimum atomic E-state index is 0.0168. The van der Waals surface area contributed by atoms with Crippen molar-refractivity contribution in [2.45, 2.75) is 19.9 Å². The van der Waals surface area contributed by atoms with Gasteiger partial charge in [0.05, 0.1) is 5.56 Å². The average Bonchev–Trinajstić information content (AvgIpc) is 2.17. The van der Waals surface area contributed by atoms with Gasteiger partial charge in [0.2, 0.25) is 0 Å². The molecule has 1 aromatic rings. The average molecular weight is 178 g/mol. The van der Waals surface area contributed by atoms with Gasteiger partial charge in [0.25, 0.3) is 5.91 Å². The molecule has 0 bridgehead atoms. The lowest BCUT2D eigenvalue weighted by Gasteiger charge is -2.21. The number of nitrogens with zero attached hydrogens (tertiary/aromatic N) is 2. The third-order valence-corrected chi connectivity index (χ3v) is 2.00. The molecule has 0 aliphatic rings. The molecule has 1 rings (SSSR count). The van der Waals surface area contributed by atoms with Crippen LogP contribution < -0.4 is 0 Å². The van der Waals surface area contributed by atoms with Gasteiger partial charge in [-0.3, -0.25) is 9.78 Å². The first-order chi connectivity index (χ1) is 6.13. The van der Waals surface area contributed by atoms with Gasteiger partial charge in [0, 0.05) is 25.5 Å². The lowest BCUT2D eigenvalue weighted by molar-refractivity contribution is 0.0754. The maximum absolute atomic E-state index is 11.7. The van der Waals surface area contributed by atoms with Gasteiger partial charge in [0.1, 0.15) is 0 Å². The van der Waals surface area contributed by atoms with Crippen LogP contribution in [0.15, 0.2) is 24.5 Å². The van der Waals surface area contributed by atoms with E-state index in [1.807, 2.05) is 13.8 Å². The summed E-state index contributed by atoms with van der Waals surface area (Å²) in [4.78, 5) is 17.3. The van der Waals surface area contributed by atoms with E-state index >= 15 is 0 Å². The Labute approximate surface area is 78.4 Å². The highest BCUT2D eigenvalue weighted by Gasteiger charge is 2.13. The fourth-order valence-electron chi connectivity index (χ4n) is 0.927. The molecule has 3 nitrogen and oxygen atoms in total. The van der Waals surface area contributed by atoms with Gasteiger partial charge in [-0.25, -0.2) is 0 Å². The number of amides is 1. The van der Waals surface area contributed by atoms with E-state index < -0.39 is 0 Å². The summed E-state index contributed by atoms with van der Waals surface area (Å²) >= 11 is 0. The molecule has 0 aliphatic carbocycles. The van der Waals surface area contributed by atoms with Crippen LogP contribution in [-0.2, 0) is 0 Å². The molecule has 13 heavy (non-hydrogen) atoms. The summed E-state index contributed by atoms with van der Waals surface area (Å²) in [5.41, 5.74) is 0.638. The molecular weight excluding hydrogens is 164 g/mol. The standard InChI is InChI=1S/C10H14N2O/c1-8(2)12(3)10(13)9-5-4-6-11-7-9/h4-8H,1-3H3. The van der Waals surface area contributed by atoms with E-state index in [9.17, 15) is 4.79 Å². The van der Waals surface area contributed by atoms with Crippen LogP contribution in [0, 0.1) is 0 Å². The van der Waals surface area contributed by atoms with Crippen molar-refractivity contribution in [2.24, 2.45) is 0 Å². The van der Waals surface area contributed by atoms with Crippen LogP contribution in [0.2, 0.25) is 0 Å². The van der Waals surface area contributed by atoms with E-state index in [-0.39, 0.29) is 11.9 Å². The molecular formula is C10H14N2O. The minimum Gasteiger partial charge on any atom is -0.339 e. The Morgan fingerprint density at radius 3 is 2.69 bits per heavy atom. The van der Waals surface area contributed by atoms with Gasteiger partial charge >= 0.3 is 0 Å². The number of aromatic nitrogens is 1. The summed E-state index contributed by atoms with van der Waals surface area (Å²) in [5, 5.41) is 0. The number of carbonyl (C=O) groups excluding carboxylic acids is 1. The van der Waals surface area contributed by atoms with Crippen LogP contribution >= 0.6 is 0 Å². The minimum absolute atomic E-state index is 0.0168. The highest BCUT2D eigenvalue weighted by Crippen LogP contribution is 2.03. The van der Waals surface area contributed by atoms with Crippen molar-refractivity contribution < 1.29 is 4.79 Å². The van der Waals surface area contributed by atoms with Crippen molar-refractivity contribution >= 4 is 5.91 Å². The Morgan fingerprint density at radius 1 is 1.54 bits per heavy atom. The highest BCUT2D eigenvalue weighted by atomic mass is 16.2. The molecule has 0 saturated carbocycles. The van der Waals surface area contributed by atoms with Crippen LogP contribution in [0.4, 0.5) is 0 Å². The second-order valence-electron chi connectivity index (χ2n) is 3.25. The number of hydrogen-bond acceptors (Lipinski definition) is 2.